The van der Waals surface area contributed by atoms with Crippen molar-refractivity contribution in [1.29, 1.82) is 0 Å². The molecule has 0 spiro atoms. The zero-order valence-electron chi connectivity index (χ0n) is 15.7. The van der Waals surface area contributed by atoms with Crippen LogP contribution in [0.5, 0.6) is 0 Å². The maximum atomic E-state index is 13.4. The van der Waals surface area contributed by atoms with Gasteiger partial charge in [0, 0.05) is 4.88 Å². The lowest BCUT2D eigenvalue weighted by atomic mass is 10.1. The fourth-order valence-electron chi connectivity index (χ4n) is 3.75. The van der Waals surface area contributed by atoms with Crippen molar-refractivity contribution >= 4 is 21.6 Å². The zero-order valence-corrected chi connectivity index (χ0v) is 16.5. The lowest BCUT2D eigenvalue weighted by Crippen LogP contribution is -2.30. The van der Waals surface area contributed by atoms with Crippen LogP contribution in [0.3, 0.4) is 0 Å². The SMILES string of the molecule is Cc1ccccc1Cn1c(CN2CCCC2)nc2sc(C)c(C)c2c1=O. The summed E-state index contributed by atoms with van der Waals surface area (Å²) in [5.74, 6) is 0.897. The van der Waals surface area contributed by atoms with Crippen molar-refractivity contribution in [3.63, 3.8) is 0 Å². The lowest BCUT2D eigenvalue weighted by molar-refractivity contribution is 0.315. The Morgan fingerprint density at radius 3 is 2.54 bits per heavy atom. The van der Waals surface area contributed by atoms with Crippen molar-refractivity contribution in [2.24, 2.45) is 0 Å². The molecule has 0 saturated carbocycles. The van der Waals surface area contributed by atoms with Gasteiger partial charge in [-0.3, -0.25) is 14.3 Å². The lowest BCUT2D eigenvalue weighted by Gasteiger charge is -2.19. The van der Waals surface area contributed by atoms with Crippen LogP contribution in [-0.4, -0.2) is 27.5 Å². The van der Waals surface area contributed by atoms with Crippen LogP contribution in [0, 0.1) is 20.8 Å². The molecule has 1 aromatic carbocycles. The quantitative estimate of drug-likeness (QED) is 0.699. The molecular formula is C21H25N3OS. The summed E-state index contributed by atoms with van der Waals surface area (Å²) in [4.78, 5) is 22.8. The normalized spacial score (nSPS) is 15.2. The van der Waals surface area contributed by atoms with E-state index in [2.05, 4.69) is 30.9 Å². The highest BCUT2D eigenvalue weighted by Crippen LogP contribution is 2.27. The minimum Gasteiger partial charge on any atom is -0.296 e. The number of hydrogen-bond donors (Lipinski definition) is 0. The summed E-state index contributed by atoms with van der Waals surface area (Å²) in [5, 5.41) is 0.797. The van der Waals surface area contributed by atoms with Crippen molar-refractivity contribution in [3.05, 3.63) is 62.0 Å². The number of rotatable bonds is 4. The van der Waals surface area contributed by atoms with Gasteiger partial charge in [0.25, 0.3) is 5.56 Å². The first-order chi connectivity index (χ1) is 12.5. The van der Waals surface area contributed by atoms with Gasteiger partial charge >= 0.3 is 0 Å². The number of hydrogen-bond acceptors (Lipinski definition) is 4. The fourth-order valence-corrected chi connectivity index (χ4v) is 4.79. The second kappa shape index (κ2) is 6.97. The number of aromatic nitrogens is 2. The Hall–Kier alpha value is -1.98. The second-order valence-corrected chi connectivity index (χ2v) is 8.50. The molecular weight excluding hydrogens is 342 g/mol. The van der Waals surface area contributed by atoms with E-state index in [0.29, 0.717) is 6.54 Å². The summed E-state index contributed by atoms with van der Waals surface area (Å²) in [6.45, 7) is 9.76. The average Bonchev–Trinajstić information content (AvgIpc) is 3.21. The van der Waals surface area contributed by atoms with Crippen molar-refractivity contribution in [2.45, 2.75) is 46.7 Å². The van der Waals surface area contributed by atoms with Gasteiger partial charge in [-0.15, -0.1) is 11.3 Å². The fraction of sp³-hybridized carbons (Fsp3) is 0.429. The summed E-state index contributed by atoms with van der Waals surface area (Å²) in [6, 6.07) is 8.30. The second-order valence-electron chi connectivity index (χ2n) is 7.29. The molecule has 0 N–H and O–H groups in total. The molecule has 0 aliphatic carbocycles. The number of fused-ring (bicyclic) bond motifs is 1. The molecule has 5 heteroatoms. The van der Waals surface area contributed by atoms with E-state index in [1.54, 1.807) is 11.3 Å². The largest absolute Gasteiger partial charge is 0.296 e. The van der Waals surface area contributed by atoms with E-state index in [1.807, 2.05) is 23.6 Å². The predicted octanol–water partition coefficient (Wildman–Crippen LogP) is 4.03. The van der Waals surface area contributed by atoms with E-state index in [1.165, 1.54) is 28.8 Å². The van der Waals surface area contributed by atoms with Crippen LogP contribution in [0.25, 0.3) is 10.2 Å². The van der Waals surface area contributed by atoms with Crippen molar-refractivity contribution in [2.75, 3.05) is 13.1 Å². The molecule has 0 bridgehead atoms. The van der Waals surface area contributed by atoms with Gasteiger partial charge in [0.05, 0.1) is 18.5 Å². The number of thiophene rings is 1. The van der Waals surface area contributed by atoms with Gasteiger partial charge < -0.3 is 0 Å². The molecule has 1 aliphatic heterocycles. The van der Waals surface area contributed by atoms with Crippen LogP contribution < -0.4 is 5.56 Å². The number of benzene rings is 1. The van der Waals surface area contributed by atoms with E-state index in [9.17, 15) is 4.79 Å². The van der Waals surface area contributed by atoms with Crippen molar-refractivity contribution in [3.8, 4) is 0 Å². The first kappa shape index (κ1) is 17.4. The third-order valence-electron chi connectivity index (χ3n) is 5.52. The topological polar surface area (TPSA) is 38.1 Å². The van der Waals surface area contributed by atoms with Gasteiger partial charge in [0.1, 0.15) is 10.7 Å². The summed E-state index contributed by atoms with van der Waals surface area (Å²) in [6.07, 6.45) is 2.48. The van der Waals surface area contributed by atoms with Gasteiger partial charge in [-0.2, -0.15) is 0 Å². The Morgan fingerprint density at radius 1 is 1.08 bits per heavy atom. The van der Waals surface area contributed by atoms with Gasteiger partial charge in [-0.05, 0) is 63.4 Å². The smallest absolute Gasteiger partial charge is 0.262 e. The van der Waals surface area contributed by atoms with E-state index in [0.717, 1.165) is 41.2 Å². The van der Waals surface area contributed by atoms with E-state index >= 15 is 0 Å². The molecule has 0 amide bonds. The van der Waals surface area contributed by atoms with Crippen LogP contribution in [0.4, 0.5) is 0 Å². The zero-order chi connectivity index (χ0) is 18.3. The molecule has 0 radical (unpaired) electrons. The Kier molecular flexibility index (Phi) is 4.67. The Bertz CT molecular complexity index is 1010. The van der Waals surface area contributed by atoms with Crippen molar-refractivity contribution in [1.82, 2.24) is 14.5 Å². The summed E-state index contributed by atoms with van der Waals surface area (Å²) in [5.41, 5.74) is 3.58. The average molecular weight is 368 g/mol. The first-order valence-corrected chi connectivity index (χ1v) is 10.1. The molecule has 3 aromatic rings. The van der Waals surface area contributed by atoms with Gasteiger partial charge in [-0.1, -0.05) is 24.3 Å². The summed E-state index contributed by atoms with van der Waals surface area (Å²) in [7, 11) is 0. The standard InChI is InChI=1S/C21H25N3OS/c1-14-8-4-5-9-17(14)12-24-18(13-23-10-6-7-11-23)22-20-19(21(24)25)15(2)16(3)26-20/h4-5,8-9H,6-7,10-13H2,1-3H3. The van der Waals surface area contributed by atoms with Crippen LogP contribution in [0.2, 0.25) is 0 Å². The van der Waals surface area contributed by atoms with Gasteiger partial charge in [0.15, 0.2) is 0 Å². The molecule has 1 saturated heterocycles. The first-order valence-electron chi connectivity index (χ1n) is 9.31. The van der Waals surface area contributed by atoms with Gasteiger partial charge in [-0.25, -0.2) is 4.98 Å². The molecule has 2 aromatic heterocycles. The number of likely N-dealkylation sites (tertiary alicyclic amines) is 1. The molecule has 4 nitrogen and oxygen atoms in total. The van der Waals surface area contributed by atoms with E-state index in [-0.39, 0.29) is 5.56 Å². The van der Waals surface area contributed by atoms with Crippen LogP contribution in [-0.2, 0) is 13.1 Å². The highest BCUT2D eigenvalue weighted by molar-refractivity contribution is 7.18. The highest BCUT2D eigenvalue weighted by atomic mass is 32.1. The number of aryl methyl sites for hydroxylation is 3. The Balaban J connectivity index is 1.86. The molecule has 1 aliphatic rings. The third kappa shape index (κ3) is 3.10. The van der Waals surface area contributed by atoms with Crippen LogP contribution in [0.1, 0.15) is 40.2 Å². The highest BCUT2D eigenvalue weighted by Gasteiger charge is 2.20. The molecule has 0 atom stereocenters. The minimum atomic E-state index is 0.106. The molecule has 4 rings (SSSR count). The van der Waals surface area contributed by atoms with E-state index in [4.69, 9.17) is 4.98 Å². The number of nitrogens with zero attached hydrogens (tertiary/aromatic N) is 3. The summed E-state index contributed by atoms with van der Waals surface area (Å²) >= 11 is 1.64. The monoisotopic (exact) mass is 367 g/mol. The van der Waals surface area contributed by atoms with Crippen LogP contribution >= 0.6 is 11.3 Å². The van der Waals surface area contributed by atoms with Crippen molar-refractivity contribution < 1.29 is 0 Å². The third-order valence-corrected chi connectivity index (χ3v) is 6.62. The Morgan fingerprint density at radius 2 is 1.81 bits per heavy atom. The maximum absolute atomic E-state index is 13.4. The Labute approximate surface area is 158 Å². The van der Waals surface area contributed by atoms with Gasteiger partial charge in [0.2, 0.25) is 0 Å². The van der Waals surface area contributed by atoms with E-state index < -0.39 is 0 Å². The molecule has 0 unspecified atom stereocenters. The molecule has 1 fully saturated rings. The molecule has 136 valence electrons. The minimum absolute atomic E-state index is 0.106. The molecule has 3 heterocycles. The molecule has 26 heavy (non-hydrogen) atoms. The predicted molar refractivity (Wildman–Crippen MR) is 108 cm³/mol. The summed E-state index contributed by atoms with van der Waals surface area (Å²) < 4.78 is 1.90. The van der Waals surface area contributed by atoms with Crippen LogP contribution in [0.15, 0.2) is 29.1 Å². The maximum Gasteiger partial charge on any atom is 0.262 e.